The summed E-state index contributed by atoms with van der Waals surface area (Å²) in [6.45, 7) is 1.71. The molecule has 10 heteroatoms. The monoisotopic (exact) mass is 545 g/mol. The van der Waals surface area contributed by atoms with Crippen LogP contribution in [0.5, 0.6) is 0 Å². The standard InChI is InChI=1S/C27H32ClN3O5S/c1-19(26(33)29-21-11-3-2-4-12-21)30(18-20-10-5-7-14-23(20)28)25(32)16-9-17-31-27(34)22-13-6-8-15-24(22)37(31,35)36/h5-8,10,13-15,19,21H,2-4,9,11-12,16-18H2,1H3,(H,29,33). The summed E-state index contributed by atoms with van der Waals surface area (Å²) in [5.74, 6) is -1.12. The van der Waals surface area contributed by atoms with Gasteiger partial charge in [0.1, 0.15) is 10.9 Å². The summed E-state index contributed by atoms with van der Waals surface area (Å²) >= 11 is 6.35. The number of benzene rings is 2. The van der Waals surface area contributed by atoms with Crippen molar-refractivity contribution in [2.24, 2.45) is 0 Å². The number of carbonyl (C=O) groups is 3. The van der Waals surface area contributed by atoms with Gasteiger partial charge in [0.05, 0.1) is 5.56 Å². The largest absolute Gasteiger partial charge is 0.352 e. The number of rotatable bonds is 9. The summed E-state index contributed by atoms with van der Waals surface area (Å²) < 4.78 is 26.4. The number of hydrogen-bond acceptors (Lipinski definition) is 5. The van der Waals surface area contributed by atoms with Crippen molar-refractivity contribution >= 4 is 39.3 Å². The summed E-state index contributed by atoms with van der Waals surface area (Å²) in [7, 11) is -3.94. The van der Waals surface area contributed by atoms with Gasteiger partial charge in [-0.05, 0) is 49.9 Å². The Morgan fingerprint density at radius 3 is 2.46 bits per heavy atom. The van der Waals surface area contributed by atoms with E-state index in [1.54, 1.807) is 37.3 Å². The number of nitrogens with zero attached hydrogens (tertiary/aromatic N) is 2. The molecule has 198 valence electrons. The molecular weight excluding hydrogens is 514 g/mol. The Hall–Kier alpha value is -2.91. The van der Waals surface area contributed by atoms with Crippen molar-refractivity contribution in [1.29, 1.82) is 0 Å². The van der Waals surface area contributed by atoms with Crippen molar-refractivity contribution in [3.8, 4) is 0 Å². The van der Waals surface area contributed by atoms with Crippen LogP contribution in [-0.4, -0.2) is 54.0 Å². The predicted octanol–water partition coefficient (Wildman–Crippen LogP) is 4.13. The zero-order chi connectivity index (χ0) is 26.6. The molecule has 1 heterocycles. The minimum atomic E-state index is -3.94. The van der Waals surface area contributed by atoms with E-state index in [2.05, 4.69) is 5.32 Å². The molecule has 1 fully saturated rings. The van der Waals surface area contributed by atoms with Crippen molar-refractivity contribution in [3.05, 3.63) is 64.7 Å². The van der Waals surface area contributed by atoms with Gasteiger partial charge in [-0.3, -0.25) is 14.4 Å². The van der Waals surface area contributed by atoms with Crippen LogP contribution in [0.4, 0.5) is 0 Å². The average Bonchev–Trinajstić information content (AvgIpc) is 3.09. The maximum absolute atomic E-state index is 13.4. The lowest BCUT2D eigenvalue weighted by Gasteiger charge is -2.31. The van der Waals surface area contributed by atoms with Gasteiger partial charge in [0.25, 0.3) is 15.9 Å². The number of amides is 3. The average molecular weight is 546 g/mol. The molecule has 0 saturated heterocycles. The van der Waals surface area contributed by atoms with Gasteiger partial charge in [-0.1, -0.05) is 61.2 Å². The molecule has 0 bridgehead atoms. The molecule has 3 amide bonds. The van der Waals surface area contributed by atoms with Crippen LogP contribution < -0.4 is 5.32 Å². The van der Waals surface area contributed by atoms with E-state index in [-0.39, 0.29) is 54.2 Å². The molecule has 0 aromatic heterocycles. The molecule has 37 heavy (non-hydrogen) atoms. The zero-order valence-corrected chi connectivity index (χ0v) is 22.4. The Balaban J connectivity index is 1.44. The summed E-state index contributed by atoms with van der Waals surface area (Å²) in [5, 5.41) is 3.58. The fraction of sp³-hybridized carbons (Fsp3) is 0.444. The maximum Gasteiger partial charge on any atom is 0.269 e. The highest BCUT2D eigenvalue weighted by Crippen LogP contribution is 2.30. The van der Waals surface area contributed by atoms with E-state index in [1.807, 2.05) is 6.07 Å². The highest BCUT2D eigenvalue weighted by Gasteiger charge is 2.40. The van der Waals surface area contributed by atoms with Crippen molar-refractivity contribution < 1.29 is 22.8 Å². The number of carbonyl (C=O) groups excluding carboxylic acids is 3. The SMILES string of the molecule is CC(C(=O)NC1CCCCC1)N(Cc1ccccc1Cl)C(=O)CCCN1C(=O)c2ccccc2S1(=O)=O. The molecular formula is C27H32ClN3O5S. The second kappa shape index (κ2) is 11.6. The Morgan fingerprint density at radius 2 is 1.76 bits per heavy atom. The van der Waals surface area contributed by atoms with Crippen LogP contribution >= 0.6 is 11.6 Å². The summed E-state index contributed by atoms with van der Waals surface area (Å²) in [6, 6.07) is 12.6. The van der Waals surface area contributed by atoms with Gasteiger partial charge in [0.15, 0.2) is 0 Å². The molecule has 1 saturated carbocycles. The van der Waals surface area contributed by atoms with Crippen LogP contribution in [0.25, 0.3) is 0 Å². The van der Waals surface area contributed by atoms with Crippen LogP contribution in [0.2, 0.25) is 5.02 Å². The molecule has 0 radical (unpaired) electrons. The predicted molar refractivity (Wildman–Crippen MR) is 140 cm³/mol. The molecule has 8 nitrogen and oxygen atoms in total. The molecule has 1 unspecified atom stereocenters. The topological polar surface area (TPSA) is 104 Å². The molecule has 1 aliphatic heterocycles. The summed E-state index contributed by atoms with van der Waals surface area (Å²) in [6.07, 6.45) is 5.27. The highest BCUT2D eigenvalue weighted by atomic mass is 35.5. The van der Waals surface area contributed by atoms with E-state index in [9.17, 15) is 22.8 Å². The van der Waals surface area contributed by atoms with Crippen molar-refractivity contribution in [3.63, 3.8) is 0 Å². The second-order valence-electron chi connectivity index (χ2n) is 9.61. The quantitative estimate of drug-likeness (QED) is 0.510. The van der Waals surface area contributed by atoms with Crippen LogP contribution in [0.15, 0.2) is 53.4 Å². The third-order valence-corrected chi connectivity index (χ3v) is 9.29. The highest BCUT2D eigenvalue weighted by molar-refractivity contribution is 7.90. The van der Waals surface area contributed by atoms with E-state index < -0.39 is 22.0 Å². The van der Waals surface area contributed by atoms with E-state index in [0.29, 0.717) is 10.6 Å². The minimum absolute atomic E-state index is 0.0142. The third kappa shape index (κ3) is 5.99. The van der Waals surface area contributed by atoms with Gasteiger partial charge < -0.3 is 10.2 Å². The first-order valence-corrected chi connectivity index (χ1v) is 14.5. The van der Waals surface area contributed by atoms with Gasteiger partial charge in [0, 0.05) is 30.6 Å². The number of fused-ring (bicyclic) bond motifs is 1. The fourth-order valence-electron chi connectivity index (χ4n) is 4.93. The minimum Gasteiger partial charge on any atom is -0.352 e. The Morgan fingerprint density at radius 1 is 1.08 bits per heavy atom. The first kappa shape index (κ1) is 27.1. The Kier molecular flexibility index (Phi) is 8.54. The van der Waals surface area contributed by atoms with Crippen molar-refractivity contribution in [1.82, 2.24) is 14.5 Å². The van der Waals surface area contributed by atoms with Gasteiger partial charge in [-0.15, -0.1) is 0 Å². The second-order valence-corrected chi connectivity index (χ2v) is 11.9. The number of sulfonamides is 1. The lowest BCUT2D eigenvalue weighted by atomic mass is 9.95. The fourth-order valence-corrected chi connectivity index (χ4v) is 6.73. The molecule has 2 aliphatic rings. The first-order valence-electron chi connectivity index (χ1n) is 12.7. The number of halogens is 1. The van der Waals surface area contributed by atoms with Crippen LogP contribution in [0.3, 0.4) is 0 Å². The molecule has 1 aliphatic carbocycles. The van der Waals surface area contributed by atoms with Crippen LogP contribution in [-0.2, 0) is 26.2 Å². The maximum atomic E-state index is 13.4. The molecule has 1 atom stereocenters. The van der Waals surface area contributed by atoms with E-state index in [0.717, 1.165) is 30.0 Å². The summed E-state index contributed by atoms with van der Waals surface area (Å²) in [5.41, 5.74) is 0.852. The molecule has 1 N–H and O–H groups in total. The molecule has 4 rings (SSSR count). The van der Waals surface area contributed by atoms with E-state index in [1.165, 1.54) is 23.5 Å². The number of nitrogens with one attached hydrogen (secondary N) is 1. The van der Waals surface area contributed by atoms with Crippen molar-refractivity contribution in [2.75, 3.05) is 6.54 Å². The zero-order valence-electron chi connectivity index (χ0n) is 20.9. The normalized spacial score (nSPS) is 17.8. The lowest BCUT2D eigenvalue weighted by molar-refractivity contribution is -0.141. The smallest absolute Gasteiger partial charge is 0.269 e. The van der Waals surface area contributed by atoms with E-state index in [4.69, 9.17) is 11.6 Å². The first-order chi connectivity index (χ1) is 17.7. The summed E-state index contributed by atoms with van der Waals surface area (Å²) in [4.78, 5) is 40.6. The molecule has 0 spiro atoms. The van der Waals surface area contributed by atoms with Crippen LogP contribution in [0.1, 0.15) is 67.8 Å². The number of hydrogen-bond donors (Lipinski definition) is 1. The van der Waals surface area contributed by atoms with Gasteiger partial charge in [0.2, 0.25) is 11.8 Å². The van der Waals surface area contributed by atoms with Crippen molar-refractivity contribution in [2.45, 2.75) is 75.4 Å². The van der Waals surface area contributed by atoms with Crippen LogP contribution in [0, 0.1) is 0 Å². The van der Waals surface area contributed by atoms with Gasteiger partial charge >= 0.3 is 0 Å². The molecule has 2 aromatic rings. The van der Waals surface area contributed by atoms with Gasteiger partial charge in [-0.25, -0.2) is 12.7 Å². The Labute approximate surface area is 223 Å². The van der Waals surface area contributed by atoms with E-state index >= 15 is 0 Å². The third-order valence-electron chi connectivity index (χ3n) is 7.08. The Bertz CT molecular complexity index is 1280. The molecule has 2 aromatic carbocycles. The lowest BCUT2D eigenvalue weighted by Crippen LogP contribution is -2.50. The van der Waals surface area contributed by atoms with Gasteiger partial charge in [-0.2, -0.15) is 0 Å².